The second-order valence-electron chi connectivity index (χ2n) is 5.16. The van der Waals surface area contributed by atoms with Gasteiger partial charge in [-0.15, -0.1) is 0 Å². The molecule has 1 amide bonds. The lowest BCUT2D eigenvalue weighted by molar-refractivity contribution is -0.124. The number of hydrogen-bond acceptors (Lipinski definition) is 4. The van der Waals surface area contributed by atoms with Crippen LogP contribution in [0.2, 0.25) is 0 Å². The quantitative estimate of drug-likeness (QED) is 0.755. The van der Waals surface area contributed by atoms with Crippen LogP contribution in [0.3, 0.4) is 0 Å². The van der Waals surface area contributed by atoms with Gasteiger partial charge in [0.1, 0.15) is 5.41 Å². The number of nitrogens with zero attached hydrogens (tertiary/aromatic N) is 1. The van der Waals surface area contributed by atoms with E-state index >= 15 is 0 Å². The third kappa shape index (κ3) is 3.60. The summed E-state index contributed by atoms with van der Waals surface area (Å²) in [6.07, 6.45) is 1.15. The summed E-state index contributed by atoms with van der Waals surface area (Å²) >= 11 is 0. The molecule has 1 saturated carbocycles. The minimum absolute atomic E-state index is 0.0868. The smallest absolute Gasteiger partial charge is 0.240 e. The lowest BCUT2D eigenvalue weighted by Gasteiger charge is -2.10. The fourth-order valence-electron chi connectivity index (χ4n) is 1.85. The van der Waals surface area contributed by atoms with E-state index in [9.17, 15) is 13.2 Å². The molecule has 0 atom stereocenters. The van der Waals surface area contributed by atoms with Gasteiger partial charge < -0.3 is 5.32 Å². The van der Waals surface area contributed by atoms with Crippen molar-refractivity contribution in [3.8, 4) is 6.07 Å². The van der Waals surface area contributed by atoms with Crippen molar-refractivity contribution in [1.29, 1.82) is 5.26 Å². The number of aryl methyl sites for hydroxylation is 1. The van der Waals surface area contributed by atoms with E-state index in [1.54, 1.807) is 12.1 Å². The molecule has 0 aromatic heterocycles. The summed E-state index contributed by atoms with van der Waals surface area (Å²) in [5.74, 6) is -0.320. The van der Waals surface area contributed by atoms with E-state index in [1.807, 2.05) is 13.0 Å². The second kappa shape index (κ2) is 5.84. The summed E-state index contributed by atoms with van der Waals surface area (Å²) in [5, 5.41) is 11.4. The molecule has 6 nitrogen and oxygen atoms in total. The first kappa shape index (κ1) is 15.5. The molecule has 21 heavy (non-hydrogen) atoms. The maximum Gasteiger partial charge on any atom is 0.240 e. The minimum atomic E-state index is -3.57. The third-order valence-electron chi connectivity index (χ3n) is 3.43. The normalized spacial score (nSPS) is 16.0. The van der Waals surface area contributed by atoms with Crippen molar-refractivity contribution in [2.45, 2.75) is 24.7 Å². The lowest BCUT2D eigenvalue weighted by atomic mass is 10.1. The van der Waals surface area contributed by atoms with Crippen molar-refractivity contribution in [2.24, 2.45) is 5.41 Å². The molecule has 0 unspecified atom stereocenters. The van der Waals surface area contributed by atoms with E-state index in [4.69, 9.17) is 5.26 Å². The molecule has 1 aliphatic carbocycles. The van der Waals surface area contributed by atoms with Gasteiger partial charge in [-0.3, -0.25) is 4.79 Å². The Morgan fingerprint density at radius 3 is 2.43 bits per heavy atom. The van der Waals surface area contributed by atoms with Gasteiger partial charge in [-0.1, -0.05) is 17.7 Å². The molecular weight excluding hydrogens is 290 g/mol. The molecule has 0 spiro atoms. The molecule has 2 N–H and O–H groups in total. The molecular formula is C14H17N3O3S. The van der Waals surface area contributed by atoms with E-state index in [-0.39, 0.29) is 23.9 Å². The maximum atomic E-state index is 12.0. The summed E-state index contributed by atoms with van der Waals surface area (Å²) in [4.78, 5) is 11.9. The van der Waals surface area contributed by atoms with E-state index in [1.165, 1.54) is 12.1 Å². The average Bonchev–Trinajstić information content (AvgIpc) is 3.25. The van der Waals surface area contributed by atoms with Gasteiger partial charge in [0.2, 0.25) is 15.9 Å². The Kier molecular flexibility index (Phi) is 4.30. The number of hydrogen-bond donors (Lipinski definition) is 2. The second-order valence-corrected chi connectivity index (χ2v) is 6.93. The van der Waals surface area contributed by atoms with Crippen LogP contribution in [0.1, 0.15) is 18.4 Å². The molecule has 112 valence electrons. The fraction of sp³-hybridized carbons (Fsp3) is 0.429. The Morgan fingerprint density at radius 2 is 1.90 bits per heavy atom. The van der Waals surface area contributed by atoms with Crippen LogP contribution in [-0.4, -0.2) is 27.4 Å². The zero-order valence-electron chi connectivity index (χ0n) is 11.7. The zero-order chi connectivity index (χ0) is 15.5. The largest absolute Gasteiger partial charge is 0.353 e. The van der Waals surface area contributed by atoms with Crippen LogP contribution in [0.15, 0.2) is 29.2 Å². The summed E-state index contributed by atoms with van der Waals surface area (Å²) in [6, 6.07) is 8.50. The Bertz CT molecular complexity index is 670. The highest BCUT2D eigenvalue weighted by Crippen LogP contribution is 2.44. The fourth-order valence-corrected chi connectivity index (χ4v) is 2.88. The Labute approximate surface area is 124 Å². The summed E-state index contributed by atoms with van der Waals surface area (Å²) in [6.45, 7) is 2.12. The number of carbonyl (C=O) groups excluding carboxylic acids is 1. The van der Waals surface area contributed by atoms with Crippen LogP contribution in [-0.2, 0) is 14.8 Å². The van der Waals surface area contributed by atoms with Crippen molar-refractivity contribution in [2.75, 3.05) is 13.1 Å². The first-order valence-electron chi connectivity index (χ1n) is 6.65. The number of benzene rings is 1. The predicted octanol–water partition coefficient (Wildman–Crippen LogP) is 0.693. The molecule has 0 radical (unpaired) electrons. The highest BCUT2D eigenvalue weighted by molar-refractivity contribution is 7.89. The van der Waals surface area contributed by atoms with Crippen molar-refractivity contribution in [1.82, 2.24) is 10.0 Å². The van der Waals surface area contributed by atoms with Gasteiger partial charge in [-0.2, -0.15) is 5.26 Å². The highest BCUT2D eigenvalue weighted by atomic mass is 32.2. The summed E-state index contributed by atoms with van der Waals surface area (Å²) in [5.41, 5.74) is 0.1000. The summed E-state index contributed by atoms with van der Waals surface area (Å²) in [7, 11) is -3.57. The predicted molar refractivity (Wildman–Crippen MR) is 76.7 cm³/mol. The van der Waals surface area contributed by atoms with Crippen molar-refractivity contribution < 1.29 is 13.2 Å². The first-order valence-corrected chi connectivity index (χ1v) is 8.14. The number of sulfonamides is 1. The minimum Gasteiger partial charge on any atom is -0.353 e. The third-order valence-corrected chi connectivity index (χ3v) is 4.91. The molecule has 1 aromatic carbocycles. The Morgan fingerprint density at radius 1 is 1.29 bits per heavy atom. The molecule has 1 fully saturated rings. The van der Waals surface area contributed by atoms with Gasteiger partial charge in [0.25, 0.3) is 0 Å². The maximum absolute atomic E-state index is 12.0. The number of rotatable bonds is 6. The number of amides is 1. The van der Waals surface area contributed by atoms with Crippen LogP contribution in [0.5, 0.6) is 0 Å². The van der Waals surface area contributed by atoms with Gasteiger partial charge in [-0.05, 0) is 31.9 Å². The first-order chi connectivity index (χ1) is 9.89. The van der Waals surface area contributed by atoms with Crippen LogP contribution >= 0.6 is 0 Å². The van der Waals surface area contributed by atoms with E-state index < -0.39 is 15.4 Å². The van der Waals surface area contributed by atoms with Gasteiger partial charge in [0.15, 0.2) is 0 Å². The zero-order valence-corrected chi connectivity index (χ0v) is 12.5. The van der Waals surface area contributed by atoms with E-state index in [0.717, 1.165) is 5.56 Å². The molecule has 0 heterocycles. The van der Waals surface area contributed by atoms with Gasteiger partial charge in [0, 0.05) is 13.1 Å². The monoisotopic (exact) mass is 307 g/mol. The molecule has 1 aromatic rings. The molecule has 0 bridgehead atoms. The molecule has 0 aliphatic heterocycles. The standard InChI is InChI=1S/C14H17N3O3S/c1-11-2-4-12(5-3-11)21(19,20)17-9-8-16-13(18)14(10-15)6-7-14/h2-5,17H,6-9H2,1H3,(H,16,18). The van der Waals surface area contributed by atoms with Crippen LogP contribution < -0.4 is 10.0 Å². The van der Waals surface area contributed by atoms with Crippen LogP contribution in [0.25, 0.3) is 0 Å². The lowest BCUT2D eigenvalue weighted by Crippen LogP contribution is -2.38. The molecule has 2 rings (SSSR count). The van der Waals surface area contributed by atoms with Crippen LogP contribution in [0.4, 0.5) is 0 Å². The molecule has 0 saturated heterocycles. The topological polar surface area (TPSA) is 99.1 Å². The van der Waals surface area contributed by atoms with Crippen molar-refractivity contribution in [3.05, 3.63) is 29.8 Å². The number of nitriles is 1. The molecule has 7 heteroatoms. The van der Waals surface area contributed by atoms with Crippen molar-refractivity contribution in [3.63, 3.8) is 0 Å². The number of carbonyl (C=O) groups is 1. The van der Waals surface area contributed by atoms with Crippen LogP contribution in [0, 0.1) is 23.7 Å². The highest BCUT2D eigenvalue weighted by Gasteiger charge is 2.50. The van der Waals surface area contributed by atoms with Gasteiger partial charge in [0.05, 0.1) is 11.0 Å². The van der Waals surface area contributed by atoms with E-state index in [0.29, 0.717) is 12.8 Å². The summed E-state index contributed by atoms with van der Waals surface area (Å²) < 4.78 is 26.4. The van der Waals surface area contributed by atoms with Gasteiger partial charge in [-0.25, -0.2) is 13.1 Å². The van der Waals surface area contributed by atoms with Gasteiger partial charge >= 0.3 is 0 Å². The SMILES string of the molecule is Cc1ccc(S(=O)(=O)NCCNC(=O)C2(C#N)CC2)cc1. The Balaban J connectivity index is 1.82. The Hall–Kier alpha value is -1.91. The van der Waals surface area contributed by atoms with E-state index in [2.05, 4.69) is 10.0 Å². The number of nitrogens with one attached hydrogen (secondary N) is 2. The van der Waals surface area contributed by atoms with Crippen molar-refractivity contribution >= 4 is 15.9 Å². The molecule has 1 aliphatic rings. The average molecular weight is 307 g/mol.